The largest absolute Gasteiger partial charge is 0.354 e. The van der Waals surface area contributed by atoms with Crippen molar-refractivity contribution in [1.82, 2.24) is 9.55 Å². The number of hydrogen-bond acceptors (Lipinski definition) is 1. The number of benzene rings is 8. The van der Waals surface area contributed by atoms with Crippen LogP contribution in [0.2, 0.25) is 0 Å². The minimum atomic E-state index is 0.934. The number of aromatic amines is 1. The zero-order valence-corrected chi connectivity index (χ0v) is 35.7. The molecule has 62 heavy (non-hydrogen) atoms. The molecular weight excluding hydrogens is 819 g/mol. The van der Waals surface area contributed by atoms with E-state index in [2.05, 4.69) is 231 Å². The molecule has 0 saturated heterocycles. The van der Waals surface area contributed by atoms with Gasteiger partial charge in [-0.15, -0.1) is 0 Å². The van der Waals surface area contributed by atoms with E-state index in [0.717, 1.165) is 58.0 Å². The summed E-state index contributed by atoms with van der Waals surface area (Å²) in [5.74, 6) is 0. The van der Waals surface area contributed by atoms with Crippen LogP contribution in [0.15, 0.2) is 204 Å². The summed E-state index contributed by atoms with van der Waals surface area (Å²) in [6.45, 7) is 0. The quantitative estimate of drug-likeness (QED) is 0.170. The van der Waals surface area contributed by atoms with Crippen LogP contribution >= 0.6 is 15.9 Å². The van der Waals surface area contributed by atoms with E-state index >= 15 is 0 Å². The van der Waals surface area contributed by atoms with Crippen LogP contribution in [0, 0.1) is 0 Å². The molecule has 0 spiro atoms. The summed E-state index contributed by atoms with van der Waals surface area (Å²) in [7, 11) is 0. The number of rotatable bonds is 7. The van der Waals surface area contributed by atoms with Crippen LogP contribution in [-0.2, 0) is 6.42 Å². The van der Waals surface area contributed by atoms with Gasteiger partial charge < -0.3 is 14.5 Å². The number of aromatic nitrogens is 2. The van der Waals surface area contributed by atoms with E-state index in [1.165, 1.54) is 83.0 Å². The second-order valence-corrected chi connectivity index (χ2v) is 17.3. The van der Waals surface area contributed by atoms with Gasteiger partial charge in [-0.2, -0.15) is 0 Å². The van der Waals surface area contributed by atoms with Crippen LogP contribution in [0.1, 0.15) is 36.1 Å². The maximum atomic E-state index is 4.13. The highest BCUT2D eigenvalue weighted by molar-refractivity contribution is 9.10. The molecule has 4 heteroatoms. The number of anilines is 2. The lowest BCUT2D eigenvalue weighted by atomic mass is 9.94. The van der Waals surface area contributed by atoms with Crippen molar-refractivity contribution < 1.29 is 0 Å². The van der Waals surface area contributed by atoms with Crippen molar-refractivity contribution in [2.75, 3.05) is 4.90 Å². The first-order valence-electron chi connectivity index (χ1n) is 21.6. The SMILES string of the molecule is Brc1c(-c2ccc(N(C3=CC=C(c4ccccc4)CC3)c3ccc4ccccc4c3)c3ccccc23)[nH]c2ccc(-c3ccc4c5c(n(-c6ccccc6)c4c3)C=CCC5)cc12. The maximum Gasteiger partial charge on any atom is 0.0615 e. The molecule has 2 aliphatic rings. The fourth-order valence-corrected chi connectivity index (χ4v) is 10.6. The Morgan fingerprint density at radius 2 is 1.31 bits per heavy atom. The average Bonchev–Trinajstić information content (AvgIpc) is 3.85. The highest BCUT2D eigenvalue weighted by Crippen LogP contribution is 2.46. The number of halogens is 1. The van der Waals surface area contributed by atoms with E-state index in [0.29, 0.717) is 0 Å². The molecule has 2 aromatic heterocycles. The Bertz CT molecular complexity index is 3470. The first-order chi connectivity index (χ1) is 30.7. The van der Waals surface area contributed by atoms with Gasteiger partial charge >= 0.3 is 0 Å². The highest BCUT2D eigenvalue weighted by Gasteiger charge is 2.24. The summed E-state index contributed by atoms with van der Waals surface area (Å²) in [5.41, 5.74) is 17.2. The zero-order chi connectivity index (χ0) is 41.1. The molecule has 0 atom stereocenters. The van der Waals surface area contributed by atoms with Gasteiger partial charge in [-0.25, -0.2) is 0 Å². The van der Waals surface area contributed by atoms with Crippen LogP contribution in [0.3, 0.4) is 0 Å². The van der Waals surface area contributed by atoms with Crippen LogP contribution in [0.5, 0.6) is 0 Å². The van der Waals surface area contributed by atoms with Gasteiger partial charge in [0.25, 0.3) is 0 Å². The topological polar surface area (TPSA) is 24.0 Å². The third kappa shape index (κ3) is 6.16. The molecule has 0 saturated carbocycles. The second-order valence-electron chi connectivity index (χ2n) is 16.5. The second kappa shape index (κ2) is 15.1. The molecule has 8 aromatic carbocycles. The van der Waals surface area contributed by atoms with Crippen molar-refractivity contribution in [3.05, 3.63) is 221 Å². The Balaban J connectivity index is 0.967. The molecule has 0 bridgehead atoms. The van der Waals surface area contributed by atoms with Gasteiger partial charge in [0.2, 0.25) is 0 Å². The van der Waals surface area contributed by atoms with Crippen molar-refractivity contribution in [1.29, 1.82) is 0 Å². The number of hydrogen-bond donors (Lipinski definition) is 1. The molecule has 0 radical (unpaired) electrons. The predicted molar refractivity (Wildman–Crippen MR) is 266 cm³/mol. The van der Waals surface area contributed by atoms with Gasteiger partial charge in [-0.1, -0.05) is 140 Å². The van der Waals surface area contributed by atoms with E-state index < -0.39 is 0 Å². The molecule has 2 heterocycles. The Morgan fingerprint density at radius 3 is 2.15 bits per heavy atom. The summed E-state index contributed by atoms with van der Waals surface area (Å²) >= 11 is 4.13. The minimum Gasteiger partial charge on any atom is -0.354 e. The van der Waals surface area contributed by atoms with Gasteiger partial charge in [0, 0.05) is 50.0 Å². The van der Waals surface area contributed by atoms with E-state index in [1.54, 1.807) is 0 Å². The van der Waals surface area contributed by atoms with Gasteiger partial charge in [0.05, 0.1) is 21.4 Å². The molecule has 296 valence electrons. The lowest BCUT2D eigenvalue weighted by molar-refractivity contribution is 0.932. The molecule has 1 N–H and O–H groups in total. The van der Waals surface area contributed by atoms with Gasteiger partial charge in [0.1, 0.15) is 0 Å². The predicted octanol–water partition coefficient (Wildman–Crippen LogP) is 16.4. The lowest BCUT2D eigenvalue weighted by Gasteiger charge is -2.31. The normalized spacial score (nSPS) is 13.8. The third-order valence-electron chi connectivity index (χ3n) is 13.0. The molecule has 2 aliphatic carbocycles. The summed E-state index contributed by atoms with van der Waals surface area (Å²) < 4.78 is 3.51. The molecule has 0 aliphatic heterocycles. The van der Waals surface area contributed by atoms with Gasteiger partial charge in [-0.05, 0) is 146 Å². The summed E-state index contributed by atoms with van der Waals surface area (Å²) in [5, 5.41) is 7.38. The Kier molecular flexibility index (Phi) is 8.93. The molecular formula is C58H42BrN3. The Hall–Kier alpha value is -7.14. The zero-order valence-electron chi connectivity index (χ0n) is 34.2. The number of allylic oxidation sites excluding steroid dienone is 5. The molecule has 10 aromatic rings. The molecule has 0 amide bonds. The van der Waals surface area contributed by atoms with Gasteiger partial charge in [0.15, 0.2) is 0 Å². The summed E-state index contributed by atoms with van der Waals surface area (Å²) in [4.78, 5) is 6.32. The van der Waals surface area contributed by atoms with Gasteiger partial charge in [-0.3, -0.25) is 0 Å². The Labute approximate surface area is 369 Å². The molecule has 0 unspecified atom stereocenters. The summed E-state index contributed by atoms with van der Waals surface area (Å²) in [6, 6.07) is 64.4. The lowest BCUT2D eigenvalue weighted by Crippen LogP contribution is -2.18. The van der Waals surface area contributed by atoms with Crippen LogP contribution in [-0.4, -0.2) is 9.55 Å². The number of fused-ring (bicyclic) bond motifs is 6. The smallest absolute Gasteiger partial charge is 0.0615 e. The molecule has 3 nitrogen and oxygen atoms in total. The number of aryl methyl sites for hydroxylation is 1. The number of H-pyrrole nitrogens is 1. The van der Waals surface area contributed by atoms with Crippen molar-refractivity contribution in [3.8, 4) is 28.1 Å². The van der Waals surface area contributed by atoms with E-state index in [4.69, 9.17) is 0 Å². The van der Waals surface area contributed by atoms with Crippen molar-refractivity contribution >= 4 is 82.3 Å². The first kappa shape index (κ1) is 36.7. The fraction of sp³-hybridized carbons (Fsp3) is 0.0690. The fourth-order valence-electron chi connectivity index (χ4n) is 9.97. The number of nitrogens with one attached hydrogen (secondary N) is 1. The summed E-state index contributed by atoms with van der Waals surface area (Å²) in [6.07, 6.45) is 13.3. The molecule has 0 fully saturated rings. The minimum absolute atomic E-state index is 0.934. The number of nitrogens with zero attached hydrogens (tertiary/aromatic N) is 2. The monoisotopic (exact) mass is 859 g/mol. The Morgan fingerprint density at radius 1 is 0.548 bits per heavy atom. The van der Waals surface area contributed by atoms with E-state index in [1.807, 2.05) is 0 Å². The van der Waals surface area contributed by atoms with Crippen LogP contribution in [0.4, 0.5) is 11.4 Å². The number of para-hydroxylation sites is 1. The average molecular weight is 861 g/mol. The highest BCUT2D eigenvalue weighted by atomic mass is 79.9. The third-order valence-corrected chi connectivity index (χ3v) is 13.8. The first-order valence-corrected chi connectivity index (χ1v) is 22.4. The van der Waals surface area contributed by atoms with Crippen molar-refractivity contribution in [2.45, 2.75) is 25.7 Å². The van der Waals surface area contributed by atoms with Crippen LogP contribution in [0.25, 0.3) is 83.1 Å². The maximum absolute atomic E-state index is 4.13. The van der Waals surface area contributed by atoms with Crippen molar-refractivity contribution in [2.24, 2.45) is 0 Å². The van der Waals surface area contributed by atoms with Crippen LogP contribution < -0.4 is 4.90 Å². The van der Waals surface area contributed by atoms with E-state index in [9.17, 15) is 0 Å². The van der Waals surface area contributed by atoms with E-state index in [-0.39, 0.29) is 0 Å². The standard InChI is InChI=1S/C58H42BrN3/c59-57-52-36-42(43-26-31-50-49-21-11-12-22-54(49)62(56(50)37-43)44-17-5-2-6-18-44)27-33-53(52)60-58(57)51-32-34-55(48-20-10-9-19-47(48)51)61(46-30-25-39-15-7-8-16-41(39)35-46)45-28-23-40(24-29-45)38-13-3-1-4-14-38/h1-10,12-20,22-23,25-28,30-37,60H,11,21,24,29H2. The van der Waals surface area contributed by atoms with Crippen molar-refractivity contribution in [3.63, 3.8) is 0 Å². The molecule has 12 rings (SSSR count).